The minimum absolute atomic E-state index is 0.00272. The van der Waals surface area contributed by atoms with Crippen molar-refractivity contribution in [2.24, 2.45) is 5.92 Å². The molecule has 110 valence electrons. The minimum atomic E-state index is -0.461. The molecule has 20 heavy (non-hydrogen) atoms. The van der Waals surface area contributed by atoms with Crippen molar-refractivity contribution in [3.8, 4) is 5.75 Å². The van der Waals surface area contributed by atoms with Gasteiger partial charge in [-0.1, -0.05) is 19.9 Å². The van der Waals surface area contributed by atoms with Crippen LogP contribution >= 0.6 is 0 Å². The van der Waals surface area contributed by atoms with Crippen LogP contribution in [-0.4, -0.2) is 26.1 Å². The van der Waals surface area contributed by atoms with Crippen LogP contribution in [-0.2, 0) is 16.1 Å². The van der Waals surface area contributed by atoms with E-state index in [1.54, 1.807) is 12.1 Å². The van der Waals surface area contributed by atoms with Gasteiger partial charge in [0.25, 0.3) is 0 Å². The monoisotopic (exact) mass is 279 g/mol. The summed E-state index contributed by atoms with van der Waals surface area (Å²) in [5, 5.41) is 2.84. The van der Waals surface area contributed by atoms with Gasteiger partial charge in [0, 0.05) is 12.5 Å². The zero-order valence-electron chi connectivity index (χ0n) is 12.4. The van der Waals surface area contributed by atoms with E-state index >= 15 is 0 Å². The number of hydrogen-bond acceptors (Lipinski definition) is 4. The molecule has 0 radical (unpaired) electrons. The molecule has 0 aliphatic rings. The molecular weight excluding hydrogens is 258 g/mol. The number of carbonyl (C=O) groups is 2. The topological polar surface area (TPSA) is 64.6 Å². The Hall–Kier alpha value is -2.04. The Kier molecular flexibility index (Phi) is 6.03. The van der Waals surface area contributed by atoms with Crippen LogP contribution in [0.25, 0.3) is 0 Å². The predicted octanol–water partition coefficient (Wildman–Crippen LogP) is 2.14. The summed E-state index contributed by atoms with van der Waals surface area (Å²) in [6, 6.07) is 5.17. The van der Waals surface area contributed by atoms with Crippen LogP contribution in [0.1, 0.15) is 36.2 Å². The average Bonchev–Trinajstić information content (AvgIpc) is 2.50. The van der Waals surface area contributed by atoms with Crippen LogP contribution < -0.4 is 10.1 Å². The van der Waals surface area contributed by atoms with Gasteiger partial charge in [0.2, 0.25) is 5.91 Å². The van der Waals surface area contributed by atoms with Crippen LogP contribution in [0.4, 0.5) is 0 Å². The first-order chi connectivity index (χ1) is 9.53. The van der Waals surface area contributed by atoms with Gasteiger partial charge in [-0.25, -0.2) is 4.79 Å². The predicted molar refractivity (Wildman–Crippen MR) is 75.6 cm³/mol. The number of amides is 1. The third-order valence-electron chi connectivity index (χ3n) is 3.20. The van der Waals surface area contributed by atoms with Crippen molar-refractivity contribution < 1.29 is 19.1 Å². The number of methoxy groups -OCH3 is 2. The van der Waals surface area contributed by atoms with E-state index in [4.69, 9.17) is 9.47 Å². The van der Waals surface area contributed by atoms with Crippen LogP contribution in [0.3, 0.4) is 0 Å². The van der Waals surface area contributed by atoms with Gasteiger partial charge in [-0.15, -0.1) is 0 Å². The van der Waals surface area contributed by atoms with Crippen LogP contribution in [0.15, 0.2) is 18.2 Å². The first-order valence-corrected chi connectivity index (χ1v) is 6.56. The molecule has 1 aromatic rings. The summed E-state index contributed by atoms with van der Waals surface area (Å²) >= 11 is 0. The second-order valence-electron chi connectivity index (χ2n) is 4.55. The van der Waals surface area contributed by atoms with Gasteiger partial charge in [0.15, 0.2) is 0 Å². The summed E-state index contributed by atoms with van der Waals surface area (Å²) in [5.41, 5.74) is 1.17. The maximum Gasteiger partial charge on any atom is 0.341 e. The largest absolute Gasteiger partial charge is 0.496 e. The van der Waals surface area contributed by atoms with E-state index in [1.807, 2.05) is 19.9 Å². The number of benzene rings is 1. The van der Waals surface area contributed by atoms with Crippen molar-refractivity contribution in [1.29, 1.82) is 0 Å². The van der Waals surface area contributed by atoms with E-state index in [2.05, 4.69) is 5.32 Å². The third-order valence-corrected chi connectivity index (χ3v) is 3.20. The van der Waals surface area contributed by atoms with Crippen LogP contribution in [0.5, 0.6) is 5.75 Å². The minimum Gasteiger partial charge on any atom is -0.496 e. The van der Waals surface area contributed by atoms with Gasteiger partial charge in [-0.3, -0.25) is 4.79 Å². The molecule has 0 aromatic heterocycles. The van der Waals surface area contributed by atoms with Gasteiger partial charge < -0.3 is 14.8 Å². The highest BCUT2D eigenvalue weighted by Crippen LogP contribution is 2.20. The van der Waals surface area contributed by atoms with E-state index in [0.717, 1.165) is 12.0 Å². The molecule has 1 unspecified atom stereocenters. The highest BCUT2D eigenvalue weighted by Gasteiger charge is 2.14. The Morgan fingerprint density at radius 3 is 2.55 bits per heavy atom. The van der Waals surface area contributed by atoms with Crippen LogP contribution in [0, 0.1) is 5.92 Å². The van der Waals surface area contributed by atoms with E-state index in [-0.39, 0.29) is 11.8 Å². The summed E-state index contributed by atoms with van der Waals surface area (Å²) in [7, 11) is 2.81. The Balaban J connectivity index is 2.82. The molecule has 0 spiro atoms. The van der Waals surface area contributed by atoms with Gasteiger partial charge >= 0.3 is 5.97 Å². The number of carbonyl (C=O) groups excluding carboxylic acids is 2. The molecule has 1 N–H and O–H groups in total. The summed E-state index contributed by atoms with van der Waals surface area (Å²) in [4.78, 5) is 23.4. The van der Waals surface area contributed by atoms with E-state index < -0.39 is 5.97 Å². The second-order valence-corrected chi connectivity index (χ2v) is 4.55. The zero-order chi connectivity index (χ0) is 15.1. The molecule has 1 atom stereocenters. The molecule has 0 heterocycles. The standard InChI is InChI=1S/C15H21NO4/c1-5-10(2)14(17)16-9-11-6-7-13(19-3)12(8-11)15(18)20-4/h6-8,10H,5,9H2,1-4H3,(H,16,17). The summed E-state index contributed by atoms with van der Waals surface area (Å²) < 4.78 is 9.83. The molecule has 0 aliphatic carbocycles. The van der Waals surface area contributed by atoms with E-state index in [1.165, 1.54) is 14.2 Å². The fourth-order valence-electron chi connectivity index (χ4n) is 1.68. The highest BCUT2D eigenvalue weighted by atomic mass is 16.5. The molecule has 0 saturated heterocycles. The normalized spacial score (nSPS) is 11.6. The Morgan fingerprint density at radius 1 is 1.30 bits per heavy atom. The smallest absolute Gasteiger partial charge is 0.341 e. The van der Waals surface area contributed by atoms with E-state index in [9.17, 15) is 9.59 Å². The number of rotatable bonds is 6. The molecule has 1 aromatic carbocycles. The summed E-state index contributed by atoms with van der Waals surface area (Å²) in [5.74, 6) is -0.0259. The Bertz CT molecular complexity index is 485. The quantitative estimate of drug-likeness (QED) is 0.810. The Labute approximate surface area is 119 Å². The van der Waals surface area contributed by atoms with Crippen molar-refractivity contribution in [3.63, 3.8) is 0 Å². The number of nitrogens with one attached hydrogen (secondary N) is 1. The van der Waals surface area contributed by atoms with Crippen molar-refractivity contribution in [2.75, 3.05) is 14.2 Å². The number of esters is 1. The van der Waals surface area contributed by atoms with Crippen molar-refractivity contribution in [3.05, 3.63) is 29.3 Å². The molecule has 1 rings (SSSR count). The van der Waals surface area contributed by atoms with Gasteiger partial charge in [-0.05, 0) is 24.1 Å². The van der Waals surface area contributed by atoms with Crippen molar-refractivity contribution in [1.82, 2.24) is 5.32 Å². The lowest BCUT2D eigenvalue weighted by Gasteiger charge is -2.12. The molecule has 1 amide bonds. The molecule has 0 aliphatic heterocycles. The first-order valence-electron chi connectivity index (χ1n) is 6.56. The van der Waals surface area contributed by atoms with Gasteiger partial charge in [-0.2, -0.15) is 0 Å². The molecule has 0 bridgehead atoms. The molecule has 0 saturated carbocycles. The van der Waals surface area contributed by atoms with Crippen molar-refractivity contribution in [2.45, 2.75) is 26.8 Å². The van der Waals surface area contributed by atoms with Crippen LogP contribution in [0.2, 0.25) is 0 Å². The fourth-order valence-corrected chi connectivity index (χ4v) is 1.68. The van der Waals surface area contributed by atoms with E-state index in [0.29, 0.717) is 17.9 Å². The lowest BCUT2D eigenvalue weighted by molar-refractivity contribution is -0.124. The summed E-state index contributed by atoms with van der Waals surface area (Å²) in [6.07, 6.45) is 0.794. The van der Waals surface area contributed by atoms with Gasteiger partial charge in [0.05, 0.1) is 14.2 Å². The average molecular weight is 279 g/mol. The SMILES string of the molecule is CCC(C)C(=O)NCc1ccc(OC)c(C(=O)OC)c1. The summed E-state index contributed by atoms with van der Waals surface area (Å²) in [6.45, 7) is 4.22. The second kappa shape index (κ2) is 7.53. The molecule has 0 fully saturated rings. The molecule has 5 nitrogen and oxygen atoms in total. The highest BCUT2D eigenvalue weighted by molar-refractivity contribution is 5.92. The lowest BCUT2D eigenvalue weighted by atomic mass is 10.1. The maximum absolute atomic E-state index is 11.7. The Morgan fingerprint density at radius 2 is 2.00 bits per heavy atom. The fraction of sp³-hybridized carbons (Fsp3) is 0.467. The first kappa shape index (κ1) is 16.0. The number of hydrogen-bond donors (Lipinski definition) is 1. The zero-order valence-corrected chi connectivity index (χ0v) is 12.4. The molecular formula is C15H21NO4. The van der Waals surface area contributed by atoms with Gasteiger partial charge in [0.1, 0.15) is 11.3 Å². The van der Waals surface area contributed by atoms with Crippen molar-refractivity contribution >= 4 is 11.9 Å². The molecule has 5 heteroatoms. The number of ether oxygens (including phenoxy) is 2. The lowest BCUT2D eigenvalue weighted by Crippen LogP contribution is -2.28. The maximum atomic E-state index is 11.7. The third kappa shape index (κ3) is 3.98.